The summed E-state index contributed by atoms with van der Waals surface area (Å²) in [4.78, 5) is 10.5. The summed E-state index contributed by atoms with van der Waals surface area (Å²) >= 11 is 0. The minimum atomic E-state index is -1.00. The predicted octanol–water partition coefficient (Wildman–Crippen LogP) is -2.01. The van der Waals surface area contributed by atoms with Gasteiger partial charge in [0.15, 0.2) is 0 Å². The number of hydrogen-bond donors (Lipinski definition) is 2. The van der Waals surface area contributed by atoms with Gasteiger partial charge in [0.1, 0.15) is 0 Å². The number of hydrogen-bond acceptors (Lipinski definition) is 2. The van der Waals surface area contributed by atoms with Gasteiger partial charge in [-0.3, -0.25) is 0 Å². The molecule has 2 N–H and O–H groups in total. The zero-order valence-electron chi connectivity index (χ0n) is 7.82. The van der Waals surface area contributed by atoms with Gasteiger partial charge in [0.05, 0.1) is 12.2 Å². The third kappa shape index (κ3) is 2.97. The van der Waals surface area contributed by atoms with Crippen molar-refractivity contribution >= 4 is 5.97 Å². The minimum absolute atomic E-state index is 0. The SMILES string of the molecule is O=C(O)c1ccccc1CO.[H-].[K+]. The van der Waals surface area contributed by atoms with Crippen molar-refractivity contribution < 1.29 is 67.8 Å². The fourth-order valence-electron chi connectivity index (χ4n) is 0.867. The van der Waals surface area contributed by atoms with E-state index in [-0.39, 0.29) is 65.0 Å². The molecule has 0 unspecified atom stereocenters. The summed E-state index contributed by atoms with van der Waals surface area (Å²) in [5.74, 6) is -1.00. The molecule has 0 radical (unpaired) electrons. The third-order valence-electron chi connectivity index (χ3n) is 1.42. The fourth-order valence-corrected chi connectivity index (χ4v) is 0.867. The molecular formula is C8H9KO3. The monoisotopic (exact) mass is 192 g/mol. The van der Waals surface area contributed by atoms with Crippen molar-refractivity contribution in [1.82, 2.24) is 0 Å². The summed E-state index contributed by atoms with van der Waals surface area (Å²) in [5, 5.41) is 17.3. The summed E-state index contributed by atoms with van der Waals surface area (Å²) in [6.07, 6.45) is 0. The summed E-state index contributed by atoms with van der Waals surface area (Å²) in [6, 6.07) is 6.37. The van der Waals surface area contributed by atoms with E-state index in [9.17, 15) is 4.79 Å². The molecule has 60 valence electrons. The third-order valence-corrected chi connectivity index (χ3v) is 1.42. The van der Waals surface area contributed by atoms with Gasteiger partial charge in [-0.1, -0.05) is 18.2 Å². The molecule has 0 aliphatic heterocycles. The quantitative estimate of drug-likeness (QED) is 0.533. The van der Waals surface area contributed by atoms with Crippen LogP contribution in [0, 0.1) is 0 Å². The second-order valence-corrected chi connectivity index (χ2v) is 2.12. The van der Waals surface area contributed by atoms with Gasteiger partial charge >= 0.3 is 57.4 Å². The van der Waals surface area contributed by atoms with Crippen molar-refractivity contribution in [2.24, 2.45) is 0 Å². The average molecular weight is 192 g/mol. The van der Waals surface area contributed by atoms with E-state index in [0.29, 0.717) is 5.56 Å². The molecule has 1 aromatic carbocycles. The van der Waals surface area contributed by atoms with E-state index < -0.39 is 5.97 Å². The number of carbonyl (C=O) groups is 1. The van der Waals surface area contributed by atoms with E-state index in [4.69, 9.17) is 10.2 Å². The Morgan fingerprint density at radius 3 is 2.42 bits per heavy atom. The fraction of sp³-hybridized carbons (Fsp3) is 0.125. The van der Waals surface area contributed by atoms with Crippen LogP contribution in [-0.4, -0.2) is 16.2 Å². The zero-order chi connectivity index (χ0) is 8.27. The molecule has 0 aliphatic carbocycles. The van der Waals surface area contributed by atoms with Gasteiger partial charge in [0, 0.05) is 0 Å². The van der Waals surface area contributed by atoms with Crippen LogP contribution in [0.15, 0.2) is 24.3 Å². The Balaban J connectivity index is 0. The van der Waals surface area contributed by atoms with Crippen molar-refractivity contribution in [1.29, 1.82) is 0 Å². The van der Waals surface area contributed by atoms with Gasteiger partial charge in [0.2, 0.25) is 0 Å². The number of carboxylic acids is 1. The van der Waals surface area contributed by atoms with Crippen LogP contribution in [0.1, 0.15) is 17.3 Å². The van der Waals surface area contributed by atoms with Crippen LogP contribution in [-0.2, 0) is 6.61 Å². The van der Waals surface area contributed by atoms with Crippen LogP contribution in [0.5, 0.6) is 0 Å². The predicted molar refractivity (Wildman–Crippen MR) is 40.4 cm³/mol. The topological polar surface area (TPSA) is 57.5 Å². The Labute approximate surface area is 114 Å². The van der Waals surface area contributed by atoms with Crippen molar-refractivity contribution in [3.63, 3.8) is 0 Å². The number of benzene rings is 1. The van der Waals surface area contributed by atoms with Gasteiger partial charge < -0.3 is 11.6 Å². The molecule has 0 atom stereocenters. The standard InChI is InChI=1S/C8H8O3.K.H/c9-5-6-3-1-2-4-7(6)8(10)11;;/h1-4,9H,5H2,(H,10,11);;/q;+1;-1. The largest absolute Gasteiger partial charge is 1.00 e. The molecule has 0 saturated carbocycles. The summed E-state index contributed by atoms with van der Waals surface area (Å²) in [5.41, 5.74) is 0.606. The van der Waals surface area contributed by atoms with Crippen LogP contribution in [0.25, 0.3) is 0 Å². The van der Waals surface area contributed by atoms with E-state index in [1.807, 2.05) is 0 Å². The number of aliphatic hydroxyl groups excluding tert-OH is 1. The minimum Gasteiger partial charge on any atom is -1.00 e. The van der Waals surface area contributed by atoms with Crippen molar-refractivity contribution in [2.75, 3.05) is 0 Å². The van der Waals surface area contributed by atoms with Crippen LogP contribution >= 0.6 is 0 Å². The van der Waals surface area contributed by atoms with Crippen molar-refractivity contribution in [2.45, 2.75) is 6.61 Å². The second kappa shape index (κ2) is 5.85. The van der Waals surface area contributed by atoms with Gasteiger partial charge in [-0.05, 0) is 11.6 Å². The zero-order valence-corrected chi connectivity index (χ0v) is 9.94. The molecular weight excluding hydrogens is 183 g/mol. The Hall–Kier alpha value is 0.286. The Kier molecular flexibility index (Phi) is 5.99. The van der Waals surface area contributed by atoms with Crippen molar-refractivity contribution in [3.05, 3.63) is 35.4 Å². The molecule has 12 heavy (non-hydrogen) atoms. The van der Waals surface area contributed by atoms with Gasteiger partial charge in [-0.15, -0.1) is 0 Å². The molecule has 0 saturated heterocycles. The first-order valence-corrected chi connectivity index (χ1v) is 3.17. The maximum atomic E-state index is 10.5. The molecule has 0 amide bonds. The molecule has 0 aromatic heterocycles. The molecule has 1 aromatic rings. The molecule has 0 heterocycles. The Bertz CT molecular complexity index is 278. The molecule has 0 aliphatic rings. The maximum absolute atomic E-state index is 10.5. The first-order chi connectivity index (χ1) is 5.25. The number of aliphatic hydroxyl groups is 1. The average Bonchev–Trinajstić information content (AvgIpc) is 2.04. The first kappa shape index (κ1) is 12.3. The van der Waals surface area contributed by atoms with Crippen LogP contribution in [0.3, 0.4) is 0 Å². The molecule has 4 heteroatoms. The molecule has 0 spiro atoms. The number of aromatic carboxylic acids is 1. The normalized spacial score (nSPS) is 8.75. The smallest absolute Gasteiger partial charge is 1.00 e. The number of rotatable bonds is 2. The maximum Gasteiger partial charge on any atom is 1.00 e. The Morgan fingerprint density at radius 1 is 1.42 bits per heavy atom. The van der Waals surface area contributed by atoms with Gasteiger partial charge in [-0.25, -0.2) is 4.79 Å². The van der Waals surface area contributed by atoms with Gasteiger partial charge in [-0.2, -0.15) is 0 Å². The van der Waals surface area contributed by atoms with E-state index in [2.05, 4.69) is 0 Å². The summed E-state index contributed by atoms with van der Waals surface area (Å²) < 4.78 is 0. The van der Waals surface area contributed by atoms with E-state index in [1.54, 1.807) is 18.2 Å². The number of carboxylic acid groups (broad SMARTS) is 1. The van der Waals surface area contributed by atoms with E-state index in [0.717, 1.165) is 0 Å². The molecule has 0 bridgehead atoms. The van der Waals surface area contributed by atoms with Crippen LogP contribution < -0.4 is 51.4 Å². The van der Waals surface area contributed by atoms with E-state index in [1.165, 1.54) is 6.07 Å². The Morgan fingerprint density at radius 2 is 2.00 bits per heavy atom. The van der Waals surface area contributed by atoms with Gasteiger partial charge in [0.25, 0.3) is 0 Å². The van der Waals surface area contributed by atoms with E-state index >= 15 is 0 Å². The van der Waals surface area contributed by atoms with Crippen LogP contribution in [0.4, 0.5) is 0 Å². The van der Waals surface area contributed by atoms with Crippen LogP contribution in [0.2, 0.25) is 0 Å². The first-order valence-electron chi connectivity index (χ1n) is 3.17. The molecule has 0 fully saturated rings. The second-order valence-electron chi connectivity index (χ2n) is 2.12. The molecule has 1 rings (SSSR count). The summed E-state index contributed by atoms with van der Waals surface area (Å²) in [7, 11) is 0. The van der Waals surface area contributed by atoms with Crippen molar-refractivity contribution in [3.8, 4) is 0 Å². The molecule has 3 nitrogen and oxygen atoms in total. The summed E-state index contributed by atoms with van der Waals surface area (Å²) in [6.45, 7) is -0.234.